The molecule has 6 saturated carbocycles. The van der Waals surface area contributed by atoms with E-state index >= 15 is 0 Å². The lowest BCUT2D eigenvalue weighted by atomic mass is 10.1. The Kier molecular flexibility index (Phi) is 18.8. The monoisotopic (exact) mass is 1570 g/mol. The van der Waals surface area contributed by atoms with Crippen LogP contribution in [0.15, 0.2) is 69.9 Å². The maximum Gasteiger partial charge on any atom is 0.191 e. The summed E-state index contributed by atoms with van der Waals surface area (Å²) in [6.07, 6.45) is -9.62. The lowest BCUT2D eigenvalue weighted by molar-refractivity contribution is -0.0629. The topological polar surface area (TPSA) is 415 Å². The molecule has 6 aliphatic rings. The lowest BCUT2D eigenvalue weighted by Gasteiger charge is -2.17. The van der Waals surface area contributed by atoms with E-state index in [0.717, 1.165) is 35.3 Å². The van der Waals surface area contributed by atoms with E-state index in [9.17, 15) is 54.0 Å². The number of halogens is 3. The Morgan fingerprint density at radius 3 is 1.08 bits per heavy atom. The fourth-order valence-corrected chi connectivity index (χ4v) is 14.6. The zero-order chi connectivity index (χ0) is 93.0. The number of ether oxygens (including phenoxy) is 3. The Balaban J connectivity index is 0.000000163. The van der Waals surface area contributed by atoms with Crippen molar-refractivity contribution >= 4 is 86.2 Å². The molecule has 582 valence electrons. The molecule has 15 rings (SSSR count). The van der Waals surface area contributed by atoms with Crippen LogP contribution in [0.2, 0.25) is 0 Å². The minimum Gasteiger partial charge on any atom is -0.394 e. The van der Waals surface area contributed by atoms with E-state index in [-0.39, 0.29) is 194 Å². The first-order valence-corrected chi connectivity index (χ1v) is 37.4. The van der Waals surface area contributed by atoms with Gasteiger partial charge >= 0.3 is 0 Å². The zero-order valence-electron chi connectivity index (χ0n) is 77.9. The van der Waals surface area contributed by atoms with E-state index in [2.05, 4.69) is 76.8 Å². The Labute approximate surface area is 659 Å². The second kappa shape index (κ2) is 35.1. The van der Waals surface area contributed by atoms with Gasteiger partial charge in [0.1, 0.15) is 54.1 Å². The molecule has 0 amide bonds. The number of benzene rings is 3. The number of nitrogens with one attached hydrogen (secondary N) is 3. The quantitative estimate of drug-likeness (QED) is 0.0168. The van der Waals surface area contributed by atoms with Crippen LogP contribution in [0, 0.1) is 38.2 Å². The Hall–Kier alpha value is -7.14. The van der Waals surface area contributed by atoms with Crippen molar-refractivity contribution in [3.8, 4) is 0 Å². The maximum absolute atomic E-state index is 14.6. The lowest BCUT2D eigenvalue weighted by Crippen LogP contribution is -2.33. The van der Waals surface area contributed by atoms with E-state index in [4.69, 9.17) is 45.4 Å². The number of aliphatic hydroxyl groups excluding tert-OH is 8. The number of aromatic nitrogens is 15. The first kappa shape index (κ1) is 57.8. The van der Waals surface area contributed by atoms with E-state index in [0.29, 0.717) is 19.3 Å². The molecule has 6 aromatic heterocycles. The normalized spacial score (nSPS) is 30.8. The fraction of sp³-hybridized carbons (Fsp3) is 0.583. The van der Waals surface area contributed by atoms with Gasteiger partial charge in [-0.25, -0.2) is 57.1 Å². The molecule has 6 fully saturated rings. The molecule has 18 atom stereocenters. The molecule has 12 N–H and O–H groups in total. The predicted octanol–water partition coefficient (Wildman–Crippen LogP) is 6.55. The van der Waals surface area contributed by atoms with Gasteiger partial charge in [0, 0.05) is 80.5 Å². The second-order valence-electron chi connectivity index (χ2n) is 26.4. The van der Waals surface area contributed by atoms with Gasteiger partial charge in [-0.3, -0.25) is 0 Å². The second-order valence-corrected chi connectivity index (χ2v) is 29.0. The molecule has 30 nitrogen and oxygen atoms in total. The fourth-order valence-electron chi connectivity index (χ4n) is 13.0. The molecule has 108 heavy (non-hydrogen) atoms. The average Bonchev–Trinajstić information content (AvgIpc) is 1.60. The van der Waals surface area contributed by atoms with Crippen molar-refractivity contribution < 1.29 is 99.4 Å². The minimum absolute atomic E-state index is 0.0113. The van der Waals surface area contributed by atoms with Crippen molar-refractivity contribution in [2.24, 2.45) is 0 Å². The van der Waals surface area contributed by atoms with Crippen LogP contribution in [0.1, 0.15) is 174 Å². The van der Waals surface area contributed by atoms with Crippen molar-refractivity contribution in [1.82, 2.24) is 74.9 Å². The average molecular weight is 1570 g/mol. The number of hydrogen-bond donors (Lipinski definition) is 12. The molecule has 9 aromatic rings. The highest BCUT2D eigenvalue weighted by Crippen LogP contribution is 2.48. The van der Waals surface area contributed by atoms with Gasteiger partial charge in [-0.1, -0.05) is 108 Å². The molecule has 0 aliphatic heterocycles. The summed E-state index contributed by atoms with van der Waals surface area (Å²) in [5, 5.41) is 126. The number of nitrogens with zero attached hydrogens (tertiary/aromatic N) is 15. The van der Waals surface area contributed by atoms with Gasteiger partial charge in [0.25, 0.3) is 0 Å². The van der Waals surface area contributed by atoms with E-state index in [1.54, 1.807) is 20.8 Å². The molecule has 6 heterocycles. The molecular weight excluding hydrogens is 1460 g/mol. The Morgan fingerprint density at radius 1 is 0.454 bits per heavy atom. The van der Waals surface area contributed by atoms with Gasteiger partial charge in [-0.2, -0.15) is 0 Å². The first-order valence-electron chi connectivity index (χ1n) is 44.5. The predicted molar refractivity (Wildman–Crippen MR) is 398 cm³/mol. The summed E-state index contributed by atoms with van der Waals surface area (Å²) in [6, 6.07) is -6.61. The number of hydrogen-bond acceptors (Lipinski definition) is 30. The third kappa shape index (κ3) is 17.5. The highest BCUT2D eigenvalue weighted by Gasteiger charge is 2.49. The number of fused-ring (bicyclic) bond motifs is 3. The van der Waals surface area contributed by atoms with Crippen LogP contribution in [0.3, 0.4) is 0 Å². The number of anilines is 3. The third-order valence-corrected chi connectivity index (χ3v) is 21.4. The van der Waals surface area contributed by atoms with Crippen LogP contribution in [0.5, 0.6) is 0 Å². The van der Waals surface area contributed by atoms with Crippen LogP contribution in [0.4, 0.5) is 30.6 Å². The first-order chi connectivity index (χ1) is 59.5. The number of aliphatic hydroxyl groups is 9. The summed E-state index contributed by atoms with van der Waals surface area (Å²) in [6.45, 7) is 2.03. The number of rotatable bonds is 30. The summed E-state index contributed by atoms with van der Waals surface area (Å²) in [5.41, 5.74) is -4.11. The van der Waals surface area contributed by atoms with Crippen molar-refractivity contribution in [2.75, 3.05) is 72.6 Å². The van der Waals surface area contributed by atoms with E-state index in [1.807, 2.05) is 0 Å². The Bertz CT molecular complexity index is 5540. The molecule has 3 unspecified atom stereocenters. The SMILES string of the molecule is [2H]c1c([2H])c([C@@H]2CC2Nc2nc(SC([2H])([2H])CC)nc3c2nnn3[C@@H]2C[C@H](OC([2H])([2H])CO)[C@@H](O)[C@H]2O)c([2H])c(F)c1C.[2H]c1c([2H])c([C@@H]2CC2Nc2nc(SC([2H])([2H])CC)nc3c2nnn3[C@@H]2C[C@H](OCC([2H])([2H])O)[C@@H](O)[C@H]2O)c([2H])c(F)c1C.[2H]c1c([2H])c([C@@H]2CC2Nc2nc(SC([2H])([2H])CC)nc3c2nnn3[C@@H]2C[C@H](OCCO)[C@@H](O)[C@H]2O)c([2H])c(F)c1C. The smallest absolute Gasteiger partial charge is 0.191 e. The number of thioether (sulfide) groups is 3. The summed E-state index contributed by atoms with van der Waals surface area (Å²) in [7, 11) is 0. The van der Waals surface area contributed by atoms with Crippen molar-refractivity contribution in [3.63, 3.8) is 0 Å². The summed E-state index contributed by atoms with van der Waals surface area (Å²) < 4.78 is 217. The van der Waals surface area contributed by atoms with Crippen LogP contribution in [-0.4, -0.2) is 251 Å². The van der Waals surface area contributed by atoms with Crippen molar-refractivity contribution in [2.45, 2.75) is 224 Å². The van der Waals surface area contributed by atoms with Crippen molar-refractivity contribution in [1.29, 1.82) is 0 Å². The van der Waals surface area contributed by atoms with Gasteiger partial charge in [0.15, 0.2) is 66.4 Å². The van der Waals surface area contributed by atoms with E-state index in [1.165, 1.54) is 34.8 Å². The largest absolute Gasteiger partial charge is 0.394 e. The van der Waals surface area contributed by atoms with Gasteiger partial charge in [0.05, 0.1) is 93.8 Å². The van der Waals surface area contributed by atoms with Gasteiger partial charge < -0.3 is 76.1 Å². The van der Waals surface area contributed by atoms with Crippen LogP contribution < -0.4 is 16.0 Å². The molecule has 0 saturated heterocycles. The molecule has 6 aliphatic carbocycles. The standard InChI is InChI=1S/3C24H31FN6O4S/c3*1-3-8-36-24-27-22(26-16-10-14(16)13-5-4-12(2)15(25)9-13)19-23(28-24)31(30-29-19)17-11-18(35-7-6-32)21(34)20(17)33/h3*4-5,9,14,16-18,20-21,32-34H,3,6-8,10-11H2,1-2H3,(H,26,27,28)/t3*14-,16?,17+,18-,20-,21+/m000/s1/i4D,5D,7D2,8D2,9D;4D,5D,6D2,8D2,9D;4D,5D,8D2,9D. The summed E-state index contributed by atoms with van der Waals surface area (Å²) in [5.74, 6) is -3.36. The summed E-state index contributed by atoms with van der Waals surface area (Å²) in [4.78, 5) is 26.8. The molecule has 0 radical (unpaired) electrons. The Morgan fingerprint density at radius 2 is 0.778 bits per heavy atom. The van der Waals surface area contributed by atoms with Gasteiger partial charge in [-0.05, 0) is 111 Å². The molecule has 0 bridgehead atoms. The molecular formula is C72H93F3N18O12S3. The van der Waals surface area contributed by atoms with Crippen molar-refractivity contribution in [3.05, 3.63) is 105 Å². The molecule has 36 heteroatoms. The maximum atomic E-state index is 14.6. The van der Waals surface area contributed by atoms with Crippen LogP contribution in [0.25, 0.3) is 33.5 Å². The van der Waals surface area contributed by atoms with Crippen LogP contribution >= 0.6 is 35.3 Å². The van der Waals surface area contributed by atoms with Gasteiger partial charge in [-0.15, -0.1) is 15.3 Å². The zero-order valence-corrected chi connectivity index (χ0v) is 61.4. The molecule has 3 aromatic carbocycles. The highest BCUT2D eigenvalue weighted by atomic mass is 32.2. The minimum atomic E-state index is -2.64. The van der Waals surface area contributed by atoms with Gasteiger partial charge in [0.2, 0.25) is 0 Å². The van der Waals surface area contributed by atoms with Crippen LogP contribution in [-0.2, 0) is 14.2 Å². The molecule has 0 spiro atoms. The summed E-state index contributed by atoms with van der Waals surface area (Å²) >= 11 is 2.31. The highest BCUT2D eigenvalue weighted by molar-refractivity contribution is 7.99. The third-order valence-electron chi connectivity index (χ3n) is 19.0. The van der Waals surface area contributed by atoms with E-state index < -0.39 is 182 Å².